The molecule has 1 heterocycles. The highest BCUT2D eigenvalue weighted by Crippen LogP contribution is 2.13. The second-order valence-corrected chi connectivity index (χ2v) is 5.13. The Morgan fingerprint density at radius 2 is 2.00 bits per heavy atom. The molecule has 0 aliphatic carbocycles. The van der Waals surface area contributed by atoms with Crippen LogP contribution in [0.25, 0.3) is 11.0 Å². The number of fused-ring (bicyclic) bond motifs is 1. The molecule has 1 N–H and O–H groups in total. The highest BCUT2D eigenvalue weighted by molar-refractivity contribution is 5.75. The SMILES string of the molecule is Cn1c(CNCCc2cccc(F)c2)nc2ccccc21. The maximum Gasteiger partial charge on any atom is 0.123 e. The number of nitrogens with one attached hydrogen (secondary N) is 1. The molecule has 0 fully saturated rings. The van der Waals surface area contributed by atoms with E-state index in [-0.39, 0.29) is 5.82 Å². The van der Waals surface area contributed by atoms with Gasteiger partial charge in [0, 0.05) is 7.05 Å². The maximum atomic E-state index is 13.1. The summed E-state index contributed by atoms with van der Waals surface area (Å²) < 4.78 is 15.2. The Morgan fingerprint density at radius 3 is 2.81 bits per heavy atom. The Labute approximate surface area is 123 Å². The summed E-state index contributed by atoms with van der Waals surface area (Å²) in [6.45, 7) is 1.51. The number of benzene rings is 2. The maximum absolute atomic E-state index is 13.1. The number of halogens is 1. The summed E-state index contributed by atoms with van der Waals surface area (Å²) in [5.41, 5.74) is 3.16. The lowest BCUT2D eigenvalue weighted by Crippen LogP contribution is -2.19. The van der Waals surface area contributed by atoms with Crippen LogP contribution in [0, 0.1) is 5.82 Å². The largest absolute Gasteiger partial charge is 0.330 e. The highest BCUT2D eigenvalue weighted by atomic mass is 19.1. The van der Waals surface area contributed by atoms with Crippen LogP contribution in [0.2, 0.25) is 0 Å². The molecule has 1 aromatic heterocycles. The summed E-state index contributed by atoms with van der Waals surface area (Å²) in [6.07, 6.45) is 0.807. The van der Waals surface area contributed by atoms with Crippen molar-refractivity contribution in [3.05, 3.63) is 65.7 Å². The molecule has 2 aromatic carbocycles. The Bertz CT molecular complexity index is 749. The number of aromatic nitrogens is 2. The van der Waals surface area contributed by atoms with Crippen molar-refractivity contribution in [2.45, 2.75) is 13.0 Å². The van der Waals surface area contributed by atoms with Gasteiger partial charge in [-0.1, -0.05) is 24.3 Å². The first kappa shape index (κ1) is 13.8. The first-order valence-electron chi connectivity index (χ1n) is 7.09. The summed E-state index contributed by atoms with van der Waals surface area (Å²) in [5, 5.41) is 3.37. The molecular formula is C17H18FN3. The highest BCUT2D eigenvalue weighted by Gasteiger charge is 2.06. The molecule has 0 spiro atoms. The molecule has 0 radical (unpaired) electrons. The summed E-state index contributed by atoms with van der Waals surface area (Å²) in [6, 6.07) is 14.8. The van der Waals surface area contributed by atoms with Gasteiger partial charge in [-0.15, -0.1) is 0 Å². The van der Waals surface area contributed by atoms with E-state index in [1.54, 1.807) is 12.1 Å². The van der Waals surface area contributed by atoms with Gasteiger partial charge in [-0.05, 0) is 42.8 Å². The van der Waals surface area contributed by atoms with Crippen LogP contribution in [0.4, 0.5) is 4.39 Å². The second-order valence-electron chi connectivity index (χ2n) is 5.13. The first-order valence-corrected chi connectivity index (χ1v) is 7.09. The van der Waals surface area contributed by atoms with Crippen molar-refractivity contribution < 1.29 is 4.39 Å². The fourth-order valence-electron chi connectivity index (χ4n) is 2.48. The Kier molecular flexibility index (Phi) is 3.97. The van der Waals surface area contributed by atoms with Gasteiger partial charge >= 0.3 is 0 Å². The van der Waals surface area contributed by atoms with Gasteiger partial charge in [0.15, 0.2) is 0 Å². The van der Waals surface area contributed by atoms with Crippen LogP contribution in [0.5, 0.6) is 0 Å². The molecule has 0 saturated carbocycles. The van der Waals surface area contributed by atoms with E-state index in [2.05, 4.69) is 20.9 Å². The van der Waals surface area contributed by atoms with E-state index in [0.29, 0.717) is 6.54 Å². The van der Waals surface area contributed by atoms with Gasteiger partial charge in [-0.2, -0.15) is 0 Å². The fourth-order valence-corrected chi connectivity index (χ4v) is 2.48. The van der Waals surface area contributed by atoms with Crippen LogP contribution >= 0.6 is 0 Å². The Morgan fingerprint density at radius 1 is 1.14 bits per heavy atom. The summed E-state index contributed by atoms with van der Waals surface area (Å²) in [7, 11) is 2.03. The van der Waals surface area contributed by atoms with Crippen LogP contribution in [-0.4, -0.2) is 16.1 Å². The predicted molar refractivity (Wildman–Crippen MR) is 82.5 cm³/mol. The van der Waals surface area contributed by atoms with Crippen LogP contribution in [0.1, 0.15) is 11.4 Å². The van der Waals surface area contributed by atoms with Crippen molar-refractivity contribution in [2.75, 3.05) is 6.54 Å². The van der Waals surface area contributed by atoms with Gasteiger partial charge in [0.25, 0.3) is 0 Å². The van der Waals surface area contributed by atoms with E-state index >= 15 is 0 Å². The third kappa shape index (κ3) is 3.11. The number of aryl methyl sites for hydroxylation is 1. The zero-order chi connectivity index (χ0) is 14.7. The van der Waals surface area contributed by atoms with Crippen LogP contribution in [0.3, 0.4) is 0 Å². The molecule has 0 amide bonds. The molecule has 4 heteroatoms. The zero-order valence-electron chi connectivity index (χ0n) is 12.0. The van der Waals surface area contributed by atoms with Gasteiger partial charge < -0.3 is 9.88 Å². The van der Waals surface area contributed by atoms with Gasteiger partial charge in [-0.3, -0.25) is 0 Å². The molecule has 108 valence electrons. The third-order valence-electron chi connectivity index (χ3n) is 3.64. The predicted octanol–water partition coefficient (Wildman–Crippen LogP) is 3.04. The van der Waals surface area contributed by atoms with E-state index in [9.17, 15) is 4.39 Å². The molecule has 0 bridgehead atoms. The Balaban J connectivity index is 1.58. The number of rotatable bonds is 5. The molecule has 0 aliphatic heterocycles. The van der Waals surface area contributed by atoms with Crippen molar-refractivity contribution in [1.29, 1.82) is 0 Å². The van der Waals surface area contributed by atoms with Crippen molar-refractivity contribution in [3.8, 4) is 0 Å². The quantitative estimate of drug-likeness (QED) is 0.729. The molecule has 0 aliphatic rings. The van der Waals surface area contributed by atoms with Crippen molar-refractivity contribution in [3.63, 3.8) is 0 Å². The van der Waals surface area contributed by atoms with E-state index < -0.39 is 0 Å². The molecule has 3 aromatic rings. The molecular weight excluding hydrogens is 265 g/mol. The number of para-hydroxylation sites is 2. The summed E-state index contributed by atoms with van der Waals surface area (Å²) >= 11 is 0. The van der Waals surface area contributed by atoms with E-state index in [0.717, 1.165) is 35.4 Å². The standard InChI is InChI=1S/C17H18FN3/c1-21-16-8-3-2-7-15(16)20-17(21)12-19-10-9-13-5-4-6-14(18)11-13/h2-8,11,19H,9-10,12H2,1H3. The zero-order valence-corrected chi connectivity index (χ0v) is 12.0. The van der Waals surface area contributed by atoms with Gasteiger partial charge in [0.05, 0.1) is 17.6 Å². The minimum atomic E-state index is -0.178. The molecule has 0 saturated heterocycles. The normalized spacial score (nSPS) is 11.1. The van der Waals surface area contributed by atoms with Gasteiger partial charge in [0.2, 0.25) is 0 Å². The fraction of sp³-hybridized carbons (Fsp3) is 0.235. The lowest BCUT2D eigenvalue weighted by molar-refractivity contribution is 0.618. The van der Waals surface area contributed by atoms with Crippen LogP contribution < -0.4 is 5.32 Å². The van der Waals surface area contributed by atoms with Crippen molar-refractivity contribution in [1.82, 2.24) is 14.9 Å². The minimum absolute atomic E-state index is 0.178. The Hall–Kier alpha value is -2.20. The summed E-state index contributed by atoms with van der Waals surface area (Å²) in [5.74, 6) is 0.832. The lowest BCUT2D eigenvalue weighted by Gasteiger charge is -2.05. The van der Waals surface area contributed by atoms with E-state index in [1.165, 1.54) is 6.07 Å². The third-order valence-corrected chi connectivity index (χ3v) is 3.64. The monoisotopic (exact) mass is 283 g/mol. The second kappa shape index (κ2) is 6.06. The van der Waals surface area contributed by atoms with E-state index in [1.807, 2.05) is 31.3 Å². The van der Waals surface area contributed by atoms with Gasteiger partial charge in [-0.25, -0.2) is 9.37 Å². The average molecular weight is 283 g/mol. The van der Waals surface area contributed by atoms with Crippen molar-refractivity contribution in [2.24, 2.45) is 7.05 Å². The number of hydrogen-bond acceptors (Lipinski definition) is 2. The molecule has 0 unspecified atom stereocenters. The smallest absolute Gasteiger partial charge is 0.123 e. The van der Waals surface area contributed by atoms with E-state index in [4.69, 9.17) is 0 Å². The molecule has 21 heavy (non-hydrogen) atoms. The lowest BCUT2D eigenvalue weighted by atomic mass is 10.1. The minimum Gasteiger partial charge on any atom is -0.330 e. The first-order chi connectivity index (χ1) is 10.2. The number of hydrogen-bond donors (Lipinski definition) is 1. The molecule has 0 atom stereocenters. The number of nitrogens with zero attached hydrogens (tertiary/aromatic N) is 2. The van der Waals surface area contributed by atoms with Crippen LogP contribution in [-0.2, 0) is 20.0 Å². The summed E-state index contributed by atoms with van der Waals surface area (Å²) in [4.78, 5) is 4.61. The number of imidazole rings is 1. The average Bonchev–Trinajstić information content (AvgIpc) is 2.81. The van der Waals surface area contributed by atoms with Gasteiger partial charge in [0.1, 0.15) is 11.6 Å². The molecule has 3 rings (SSSR count). The van der Waals surface area contributed by atoms with Crippen molar-refractivity contribution >= 4 is 11.0 Å². The van der Waals surface area contributed by atoms with Crippen LogP contribution in [0.15, 0.2) is 48.5 Å². The molecule has 3 nitrogen and oxygen atoms in total. The topological polar surface area (TPSA) is 29.9 Å².